The summed E-state index contributed by atoms with van der Waals surface area (Å²) in [7, 11) is 0. The van der Waals surface area contributed by atoms with Crippen molar-refractivity contribution in [2.24, 2.45) is 10.7 Å². The highest BCUT2D eigenvalue weighted by Crippen LogP contribution is 2.22. The third-order valence-electron chi connectivity index (χ3n) is 2.43. The number of phenols is 1. The molecule has 0 saturated carbocycles. The number of hydrogen-bond acceptors (Lipinski definition) is 5. The van der Waals surface area contributed by atoms with E-state index in [1.165, 1.54) is 24.4 Å². The summed E-state index contributed by atoms with van der Waals surface area (Å²) in [5, 5.41) is 18.7. The normalized spacial score (nSPS) is 11.0. The first-order chi connectivity index (χ1) is 10.1. The molecule has 3 N–H and O–H groups in total. The van der Waals surface area contributed by atoms with Crippen molar-refractivity contribution >= 4 is 23.3 Å². The summed E-state index contributed by atoms with van der Waals surface area (Å²) >= 11 is 5.72. The third-order valence-corrected chi connectivity index (χ3v) is 2.65. The van der Waals surface area contributed by atoms with Crippen LogP contribution in [-0.2, 0) is 0 Å². The van der Waals surface area contributed by atoms with Crippen molar-refractivity contribution in [1.29, 1.82) is 5.26 Å². The zero-order valence-electron chi connectivity index (χ0n) is 10.8. The highest BCUT2D eigenvalue weighted by molar-refractivity contribution is 6.30. The first-order valence-electron chi connectivity index (χ1n) is 5.89. The van der Waals surface area contributed by atoms with Gasteiger partial charge in [-0.25, -0.2) is 9.98 Å². The van der Waals surface area contributed by atoms with Crippen molar-refractivity contribution in [3.8, 4) is 17.6 Å². The van der Waals surface area contributed by atoms with E-state index in [0.717, 1.165) is 0 Å². The number of halogens is 1. The fraction of sp³-hybridized carbons (Fsp3) is 0.0714. The van der Waals surface area contributed by atoms with Crippen LogP contribution in [0.1, 0.15) is 5.56 Å². The Balaban J connectivity index is 2.06. The summed E-state index contributed by atoms with van der Waals surface area (Å²) in [6, 6.07) is 9.41. The molecule has 1 aromatic carbocycles. The molecular weight excluding hydrogens is 292 g/mol. The smallest absolute Gasteiger partial charge is 0.154 e. The second-order valence-electron chi connectivity index (χ2n) is 4.02. The van der Waals surface area contributed by atoms with Crippen molar-refractivity contribution in [3.63, 3.8) is 0 Å². The van der Waals surface area contributed by atoms with Crippen molar-refractivity contribution in [2.45, 2.75) is 0 Å². The molecule has 0 unspecified atom stereocenters. The summed E-state index contributed by atoms with van der Waals surface area (Å²) in [6.07, 6.45) is 1.46. The number of ether oxygens (including phenoxy) is 1. The fourth-order valence-electron chi connectivity index (χ4n) is 1.50. The lowest BCUT2D eigenvalue weighted by Crippen LogP contribution is -2.21. The highest BCUT2D eigenvalue weighted by atomic mass is 35.5. The second-order valence-corrected chi connectivity index (χ2v) is 4.46. The van der Waals surface area contributed by atoms with Crippen molar-refractivity contribution in [3.05, 3.63) is 47.1 Å². The summed E-state index contributed by atoms with van der Waals surface area (Å²) in [5.74, 6) is 0.914. The Kier molecular flexibility index (Phi) is 4.59. The van der Waals surface area contributed by atoms with Crippen LogP contribution in [0.2, 0.25) is 5.02 Å². The first kappa shape index (κ1) is 14.6. The molecule has 0 aliphatic rings. The molecule has 0 bridgehead atoms. The molecule has 0 aliphatic carbocycles. The molecule has 7 heteroatoms. The van der Waals surface area contributed by atoms with Gasteiger partial charge >= 0.3 is 0 Å². The minimum absolute atomic E-state index is 0.00842. The quantitative estimate of drug-likeness (QED) is 0.666. The van der Waals surface area contributed by atoms with Crippen LogP contribution in [0.3, 0.4) is 0 Å². The lowest BCUT2D eigenvalue weighted by molar-refractivity contribution is 0.373. The summed E-state index contributed by atoms with van der Waals surface area (Å²) < 4.78 is 5.40. The Morgan fingerprint density at radius 3 is 2.90 bits per heavy atom. The standard InChI is InChI=1S/C14H11ClN4O2/c15-10-1-4-14(18-7-10)19-13(17)8-21-12-3-2-11(20)5-9(12)6-16/h1-5,7,20H,8H2,(H2,17,18,19). The molecule has 1 aromatic heterocycles. The summed E-state index contributed by atoms with van der Waals surface area (Å²) in [4.78, 5) is 8.03. The number of nitrogens with zero attached hydrogens (tertiary/aromatic N) is 3. The summed E-state index contributed by atoms with van der Waals surface area (Å²) in [5.41, 5.74) is 5.95. The van der Waals surface area contributed by atoms with E-state index in [4.69, 9.17) is 27.3 Å². The number of rotatable bonds is 4. The Morgan fingerprint density at radius 1 is 1.43 bits per heavy atom. The Morgan fingerprint density at radius 2 is 2.24 bits per heavy atom. The molecule has 21 heavy (non-hydrogen) atoms. The number of aromatic nitrogens is 1. The Bertz CT molecular complexity index is 708. The van der Waals surface area contributed by atoms with Gasteiger partial charge in [0, 0.05) is 12.3 Å². The highest BCUT2D eigenvalue weighted by Gasteiger charge is 2.05. The van der Waals surface area contributed by atoms with Crippen molar-refractivity contribution in [1.82, 2.24) is 4.98 Å². The van der Waals surface area contributed by atoms with Crippen LogP contribution in [0.25, 0.3) is 0 Å². The van der Waals surface area contributed by atoms with Crippen LogP contribution in [0.5, 0.6) is 11.5 Å². The number of nitrogens with two attached hydrogens (primary N) is 1. The van der Waals surface area contributed by atoms with Gasteiger partial charge in [-0.3, -0.25) is 0 Å². The second kappa shape index (κ2) is 6.59. The predicted octanol–water partition coefficient (Wildman–Crippen LogP) is 2.38. The van der Waals surface area contributed by atoms with Crippen LogP contribution in [0.15, 0.2) is 41.5 Å². The molecule has 0 spiro atoms. The minimum Gasteiger partial charge on any atom is -0.508 e. The largest absolute Gasteiger partial charge is 0.508 e. The fourth-order valence-corrected chi connectivity index (χ4v) is 1.61. The zero-order valence-corrected chi connectivity index (χ0v) is 11.6. The molecule has 0 atom stereocenters. The molecule has 2 aromatic rings. The van der Waals surface area contributed by atoms with Gasteiger partial charge in [-0.15, -0.1) is 0 Å². The lowest BCUT2D eigenvalue weighted by Gasteiger charge is -2.07. The van der Waals surface area contributed by atoms with E-state index in [1.54, 1.807) is 12.1 Å². The molecule has 0 aliphatic heterocycles. The van der Waals surface area contributed by atoms with E-state index >= 15 is 0 Å². The van der Waals surface area contributed by atoms with Gasteiger partial charge in [-0.2, -0.15) is 5.26 Å². The number of aliphatic imine (C=N–C) groups is 1. The molecule has 2 rings (SSSR count). The van der Waals surface area contributed by atoms with Crippen molar-refractivity contribution in [2.75, 3.05) is 6.61 Å². The number of benzene rings is 1. The van der Waals surface area contributed by atoms with Crippen LogP contribution in [-0.4, -0.2) is 22.5 Å². The lowest BCUT2D eigenvalue weighted by atomic mass is 10.2. The Hall–Kier alpha value is -2.78. The maximum Gasteiger partial charge on any atom is 0.154 e. The van der Waals surface area contributed by atoms with Gasteiger partial charge in [0.25, 0.3) is 0 Å². The molecule has 0 radical (unpaired) electrons. The molecule has 6 nitrogen and oxygen atoms in total. The SMILES string of the molecule is N#Cc1cc(O)ccc1OCC(N)=Nc1ccc(Cl)cn1. The molecule has 1 heterocycles. The number of phenolic OH excluding ortho intramolecular Hbond substituents is 1. The maximum absolute atomic E-state index is 9.29. The molecule has 106 valence electrons. The van der Waals surface area contributed by atoms with Crippen LogP contribution >= 0.6 is 11.6 Å². The maximum atomic E-state index is 9.29. The summed E-state index contributed by atoms with van der Waals surface area (Å²) in [6.45, 7) is -0.0102. The minimum atomic E-state index is -0.0102. The average Bonchev–Trinajstić information content (AvgIpc) is 2.48. The van der Waals surface area contributed by atoms with Gasteiger partial charge in [0.15, 0.2) is 5.82 Å². The molecular formula is C14H11ClN4O2. The monoisotopic (exact) mass is 302 g/mol. The molecule has 0 amide bonds. The van der Waals surface area contributed by atoms with Gasteiger partial charge in [0.2, 0.25) is 0 Å². The number of nitriles is 1. The van der Waals surface area contributed by atoms with E-state index in [9.17, 15) is 5.11 Å². The number of aromatic hydroxyl groups is 1. The third kappa shape index (κ3) is 4.09. The molecule has 0 saturated heterocycles. The van der Waals surface area contributed by atoms with E-state index in [-0.39, 0.29) is 23.8 Å². The number of hydrogen-bond donors (Lipinski definition) is 2. The topological polar surface area (TPSA) is 105 Å². The van der Waals surface area contributed by atoms with Crippen LogP contribution < -0.4 is 10.5 Å². The van der Waals surface area contributed by atoms with Gasteiger partial charge in [0.1, 0.15) is 30.0 Å². The van der Waals surface area contributed by atoms with Gasteiger partial charge in [-0.05, 0) is 24.3 Å². The van der Waals surface area contributed by atoms with Crippen LogP contribution in [0, 0.1) is 11.3 Å². The molecule has 0 fully saturated rings. The van der Waals surface area contributed by atoms with E-state index in [1.807, 2.05) is 6.07 Å². The number of pyridine rings is 1. The first-order valence-corrected chi connectivity index (χ1v) is 6.27. The number of amidine groups is 1. The average molecular weight is 303 g/mol. The van der Waals surface area contributed by atoms with Crippen LogP contribution in [0.4, 0.5) is 5.82 Å². The van der Waals surface area contributed by atoms with Gasteiger partial charge < -0.3 is 15.6 Å². The van der Waals surface area contributed by atoms with E-state index < -0.39 is 0 Å². The van der Waals surface area contributed by atoms with Gasteiger partial charge in [-0.1, -0.05) is 11.6 Å². The van der Waals surface area contributed by atoms with Gasteiger partial charge in [0.05, 0.1) is 10.6 Å². The van der Waals surface area contributed by atoms with E-state index in [2.05, 4.69) is 9.98 Å². The van der Waals surface area contributed by atoms with E-state index in [0.29, 0.717) is 16.6 Å². The van der Waals surface area contributed by atoms with Crippen molar-refractivity contribution < 1.29 is 9.84 Å². The Labute approximate surface area is 126 Å². The zero-order chi connectivity index (χ0) is 15.2. The predicted molar refractivity (Wildman–Crippen MR) is 78.8 cm³/mol.